The van der Waals surface area contributed by atoms with Gasteiger partial charge in [0.1, 0.15) is 29.6 Å². The topological polar surface area (TPSA) is 104 Å². The second-order valence-corrected chi connectivity index (χ2v) is 12.1. The summed E-state index contributed by atoms with van der Waals surface area (Å²) in [6, 6.07) is -0.723. The third-order valence-electron chi connectivity index (χ3n) is 7.00. The maximum absolute atomic E-state index is 14.0. The molecule has 0 spiro atoms. The number of hydrogen-bond donors (Lipinski definition) is 1. The summed E-state index contributed by atoms with van der Waals surface area (Å²) in [7, 11) is -2.14. The summed E-state index contributed by atoms with van der Waals surface area (Å²) >= 11 is 0. The van der Waals surface area contributed by atoms with E-state index in [4.69, 9.17) is 0 Å². The fourth-order valence-corrected chi connectivity index (χ4v) is 5.99. The van der Waals surface area contributed by atoms with Crippen molar-refractivity contribution < 1.29 is 31.4 Å². The van der Waals surface area contributed by atoms with E-state index in [2.05, 4.69) is 9.82 Å². The predicted octanol–water partition coefficient (Wildman–Crippen LogP) is 1.72. The van der Waals surface area contributed by atoms with Gasteiger partial charge in [0.05, 0.1) is 11.6 Å². The van der Waals surface area contributed by atoms with Crippen molar-refractivity contribution in [2.45, 2.75) is 56.4 Å². The van der Waals surface area contributed by atoms with E-state index in [1.165, 1.54) is 40.6 Å². The predicted molar refractivity (Wildman–Crippen MR) is 118 cm³/mol. The summed E-state index contributed by atoms with van der Waals surface area (Å²) in [6.45, 7) is 2.80. The van der Waals surface area contributed by atoms with Gasteiger partial charge >= 0.3 is 11.9 Å². The summed E-state index contributed by atoms with van der Waals surface area (Å²) < 4.78 is 59.3. The molecule has 2 fully saturated rings. The van der Waals surface area contributed by atoms with Crippen LogP contribution in [0.1, 0.15) is 38.7 Å². The highest BCUT2D eigenvalue weighted by Crippen LogP contribution is 2.60. The Hall–Kier alpha value is -2.73. The fourth-order valence-electron chi connectivity index (χ4n) is 4.37. The van der Waals surface area contributed by atoms with Gasteiger partial charge in [-0.2, -0.15) is 19.4 Å². The number of nitrogens with zero attached hydrogens (tertiary/aromatic N) is 4. The van der Waals surface area contributed by atoms with Crippen LogP contribution in [0.3, 0.4) is 0 Å². The number of carbonyl (C=O) groups excluding carboxylic acids is 2. The molecule has 9 nitrogen and oxygen atoms in total. The normalized spacial score (nSPS) is 29.3. The van der Waals surface area contributed by atoms with Crippen molar-refractivity contribution in [3.63, 3.8) is 0 Å². The second kappa shape index (κ2) is 7.14. The fraction of sp³-hybridized carbons (Fsp3) is 0.545. The monoisotopic (exact) mass is 494 g/mol. The van der Waals surface area contributed by atoms with Gasteiger partial charge in [0, 0.05) is 30.8 Å². The van der Waals surface area contributed by atoms with Gasteiger partial charge in [0.15, 0.2) is 0 Å². The Kier molecular flexibility index (Phi) is 4.84. The van der Waals surface area contributed by atoms with Gasteiger partial charge in [0.2, 0.25) is 10.0 Å². The van der Waals surface area contributed by atoms with Crippen molar-refractivity contribution >= 4 is 27.7 Å². The summed E-state index contributed by atoms with van der Waals surface area (Å²) in [5.41, 5.74) is -1.18. The Morgan fingerprint density at radius 1 is 1.26 bits per heavy atom. The largest absolute Gasteiger partial charge is 0.501 e. The molecule has 2 unspecified atom stereocenters. The minimum atomic E-state index is -3.83. The maximum atomic E-state index is 14.0. The molecule has 1 aromatic heterocycles. The number of imide groups is 1. The summed E-state index contributed by atoms with van der Waals surface area (Å²) in [5, 5.41) is 2.92. The zero-order valence-corrected chi connectivity index (χ0v) is 19.9. The number of nitrogens with one attached hydrogen (secondary N) is 1. The number of halogens is 2. The third-order valence-corrected chi connectivity index (χ3v) is 8.79. The molecule has 34 heavy (non-hydrogen) atoms. The van der Waals surface area contributed by atoms with E-state index in [1.807, 2.05) is 0 Å². The molecule has 3 aliphatic carbocycles. The van der Waals surface area contributed by atoms with Crippen LogP contribution < -0.4 is 4.72 Å². The van der Waals surface area contributed by atoms with E-state index in [0.29, 0.717) is 5.56 Å². The lowest BCUT2D eigenvalue weighted by Crippen LogP contribution is -2.53. The number of amides is 3. The molecule has 3 amide bonds. The Morgan fingerprint density at radius 2 is 1.94 bits per heavy atom. The Labute approximate surface area is 195 Å². The third kappa shape index (κ3) is 3.82. The number of rotatable bonds is 7. The first-order valence-electron chi connectivity index (χ1n) is 11.0. The number of sulfonamides is 1. The van der Waals surface area contributed by atoms with Crippen LogP contribution in [0.5, 0.6) is 0 Å². The molecule has 2 heterocycles. The number of aryl methyl sites for hydroxylation is 1. The Bertz CT molecular complexity index is 1310. The number of allylic oxidation sites excluding steroid dienone is 1. The number of carbonyl (C=O) groups is 2. The number of fused-ring (bicyclic) bond motifs is 1. The molecule has 1 aromatic rings. The van der Waals surface area contributed by atoms with Crippen molar-refractivity contribution in [2.24, 2.45) is 12.5 Å². The first-order valence-corrected chi connectivity index (χ1v) is 12.6. The molecule has 2 saturated carbocycles. The lowest BCUT2D eigenvalue weighted by molar-refractivity contribution is -0.450. The molecule has 12 heteroatoms. The summed E-state index contributed by atoms with van der Waals surface area (Å²) in [4.78, 5) is 27.7. The summed E-state index contributed by atoms with van der Waals surface area (Å²) in [6.07, 6.45) is 8.30. The number of urea groups is 1. The lowest BCUT2D eigenvalue weighted by Gasteiger charge is -2.27. The van der Waals surface area contributed by atoms with E-state index in [-0.39, 0.29) is 30.8 Å². The van der Waals surface area contributed by atoms with Gasteiger partial charge in [-0.1, -0.05) is 6.08 Å². The molecular formula is C22H26F2N5O4S+. The highest BCUT2D eigenvalue weighted by molar-refractivity contribution is 7.90. The first kappa shape index (κ1) is 23.0. The molecule has 1 N–H and O–H groups in total. The molecule has 0 aromatic carbocycles. The van der Waals surface area contributed by atoms with Crippen LogP contribution in [0.25, 0.3) is 0 Å². The maximum Gasteiger partial charge on any atom is 0.501 e. The second-order valence-electron chi connectivity index (χ2n) is 10.2. The van der Waals surface area contributed by atoms with Crippen molar-refractivity contribution in [3.8, 4) is 0 Å². The van der Waals surface area contributed by atoms with Gasteiger partial charge in [0.25, 0.3) is 5.92 Å². The highest BCUT2D eigenvalue weighted by Gasteiger charge is 2.70. The quantitative estimate of drug-likeness (QED) is 0.582. The molecule has 0 saturated heterocycles. The van der Waals surface area contributed by atoms with Crippen LogP contribution >= 0.6 is 0 Å². The first-order chi connectivity index (χ1) is 15.7. The zero-order valence-electron chi connectivity index (χ0n) is 19.1. The molecule has 5 rings (SSSR count). The van der Waals surface area contributed by atoms with Crippen LogP contribution in [0.15, 0.2) is 36.2 Å². The smallest absolute Gasteiger partial charge is 0.275 e. The molecule has 2 atom stereocenters. The van der Waals surface area contributed by atoms with Gasteiger partial charge in [-0.05, 0) is 38.8 Å². The minimum Gasteiger partial charge on any atom is -0.275 e. The molecular weight excluding hydrogens is 468 g/mol. The van der Waals surface area contributed by atoms with Crippen LogP contribution in [0.2, 0.25) is 0 Å². The molecule has 4 aliphatic rings. The molecule has 1 aliphatic heterocycles. The van der Waals surface area contributed by atoms with Crippen LogP contribution in [-0.2, 0) is 28.4 Å². The average molecular weight is 495 g/mol. The lowest BCUT2D eigenvalue weighted by atomic mass is 9.98. The van der Waals surface area contributed by atoms with E-state index in [0.717, 1.165) is 17.7 Å². The Morgan fingerprint density at radius 3 is 2.50 bits per heavy atom. The Balaban J connectivity index is 1.54. The van der Waals surface area contributed by atoms with Crippen LogP contribution in [0.4, 0.5) is 13.6 Å². The van der Waals surface area contributed by atoms with E-state index >= 15 is 0 Å². The van der Waals surface area contributed by atoms with Crippen molar-refractivity contribution in [1.29, 1.82) is 0 Å². The number of alkyl halides is 2. The van der Waals surface area contributed by atoms with Crippen molar-refractivity contribution in [2.75, 3.05) is 6.54 Å². The van der Waals surface area contributed by atoms with Gasteiger partial charge in [-0.3, -0.25) is 4.68 Å². The van der Waals surface area contributed by atoms with E-state index < -0.39 is 44.1 Å². The van der Waals surface area contributed by atoms with Gasteiger partial charge < -0.3 is 0 Å². The molecule has 0 radical (unpaired) electrons. The SMILES string of the molecule is Cn1cc(CN2C(=O)C3=CC(S(=O)(=O)NC4(C)CC4)C=CC3=[N+](CC3(C)CC3(F)F)C2=O)cn1. The van der Waals surface area contributed by atoms with Crippen LogP contribution in [-0.4, -0.2) is 68.6 Å². The minimum absolute atomic E-state index is 0.00915. The van der Waals surface area contributed by atoms with E-state index in [1.54, 1.807) is 20.2 Å². The van der Waals surface area contributed by atoms with Crippen molar-refractivity contribution in [1.82, 2.24) is 19.4 Å². The van der Waals surface area contributed by atoms with E-state index in [9.17, 15) is 26.8 Å². The van der Waals surface area contributed by atoms with Gasteiger partial charge in [-0.25, -0.2) is 26.7 Å². The standard InChI is InChI=1S/C22H26F2N5O4S/c1-20(12-22(20,23)24)13-29-17-5-4-15(34(32,33)26-21(2)6-7-21)8-16(17)18(30)28(19(29)31)11-14-9-25-27(3)10-14/h4-5,8-10,15,26H,6-7,11-13H2,1-3H3/q+1. The van der Waals surface area contributed by atoms with Crippen molar-refractivity contribution in [3.05, 3.63) is 41.8 Å². The zero-order chi connectivity index (χ0) is 24.7. The molecule has 182 valence electrons. The average Bonchev–Trinajstić information content (AvgIpc) is 3.50. The van der Waals surface area contributed by atoms with Crippen LogP contribution in [0, 0.1) is 5.41 Å². The highest BCUT2D eigenvalue weighted by atomic mass is 32.2. The number of aromatic nitrogens is 2. The van der Waals surface area contributed by atoms with Gasteiger partial charge in [-0.15, -0.1) is 0 Å². The number of hydrogen-bond acceptors (Lipinski definition) is 5. The summed E-state index contributed by atoms with van der Waals surface area (Å²) in [5.74, 6) is -3.59. The molecule has 0 bridgehead atoms.